The molecule has 17 heavy (non-hydrogen) atoms. The SMILES string of the molecule is CC(C)c1nsc(N(CCC(N)=S)C2CC2)n1. The van der Waals surface area contributed by atoms with Crippen molar-refractivity contribution in [2.45, 2.75) is 45.1 Å². The summed E-state index contributed by atoms with van der Waals surface area (Å²) in [6.45, 7) is 5.09. The Balaban J connectivity index is 2.06. The zero-order valence-corrected chi connectivity index (χ0v) is 11.9. The normalized spacial score (nSPS) is 15.2. The Labute approximate surface area is 111 Å². The molecule has 0 unspecified atom stereocenters. The second kappa shape index (κ2) is 5.27. The summed E-state index contributed by atoms with van der Waals surface area (Å²) in [6.07, 6.45) is 3.24. The van der Waals surface area contributed by atoms with Crippen molar-refractivity contribution in [2.75, 3.05) is 11.4 Å². The summed E-state index contributed by atoms with van der Waals surface area (Å²) >= 11 is 6.42. The first-order chi connectivity index (χ1) is 8.08. The van der Waals surface area contributed by atoms with Crippen LogP contribution in [0.5, 0.6) is 0 Å². The molecule has 1 aromatic rings. The Hall–Kier alpha value is -0.750. The molecule has 4 nitrogen and oxygen atoms in total. The average molecular weight is 270 g/mol. The molecule has 1 aliphatic rings. The van der Waals surface area contributed by atoms with Crippen LogP contribution >= 0.6 is 23.8 Å². The fraction of sp³-hybridized carbons (Fsp3) is 0.727. The van der Waals surface area contributed by atoms with E-state index in [0.29, 0.717) is 16.9 Å². The zero-order chi connectivity index (χ0) is 12.4. The highest BCUT2D eigenvalue weighted by atomic mass is 32.1. The summed E-state index contributed by atoms with van der Waals surface area (Å²) in [4.78, 5) is 7.48. The Bertz CT molecular complexity index is 398. The van der Waals surface area contributed by atoms with Gasteiger partial charge in [0, 0.05) is 36.5 Å². The van der Waals surface area contributed by atoms with Gasteiger partial charge >= 0.3 is 0 Å². The van der Waals surface area contributed by atoms with Gasteiger partial charge in [-0.2, -0.15) is 4.37 Å². The lowest BCUT2D eigenvalue weighted by atomic mass is 10.2. The van der Waals surface area contributed by atoms with Crippen LogP contribution < -0.4 is 10.6 Å². The largest absolute Gasteiger partial charge is 0.393 e. The predicted molar refractivity (Wildman–Crippen MR) is 75.8 cm³/mol. The second-order valence-electron chi connectivity index (χ2n) is 4.73. The van der Waals surface area contributed by atoms with Gasteiger partial charge in [0.05, 0.1) is 4.99 Å². The third-order valence-corrected chi connectivity index (χ3v) is 3.75. The molecule has 6 heteroatoms. The molecule has 1 aliphatic carbocycles. The Kier molecular flexibility index (Phi) is 3.93. The van der Waals surface area contributed by atoms with Crippen LogP contribution in [0.25, 0.3) is 0 Å². The lowest BCUT2D eigenvalue weighted by Crippen LogP contribution is -2.29. The molecule has 0 bridgehead atoms. The van der Waals surface area contributed by atoms with Crippen molar-refractivity contribution < 1.29 is 0 Å². The highest BCUT2D eigenvalue weighted by molar-refractivity contribution is 7.80. The number of anilines is 1. The standard InChI is InChI=1S/C11H18N4S2/c1-7(2)10-13-11(17-14-10)15(8-3-4-8)6-5-9(12)16/h7-8H,3-6H2,1-2H3,(H2,12,16). The molecule has 1 fully saturated rings. The molecule has 2 rings (SSSR count). The molecule has 1 heterocycles. The van der Waals surface area contributed by atoms with Crippen LogP contribution in [-0.2, 0) is 0 Å². The number of hydrogen-bond acceptors (Lipinski definition) is 5. The molecule has 0 radical (unpaired) electrons. The monoisotopic (exact) mass is 270 g/mol. The number of nitrogens with two attached hydrogens (primary N) is 1. The Morgan fingerprint density at radius 1 is 1.59 bits per heavy atom. The first-order valence-corrected chi connectivity index (χ1v) is 7.14. The van der Waals surface area contributed by atoms with Gasteiger partial charge in [0.1, 0.15) is 5.82 Å². The maximum atomic E-state index is 5.56. The van der Waals surface area contributed by atoms with Crippen LogP contribution in [0.4, 0.5) is 5.13 Å². The molecule has 1 saturated carbocycles. The van der Waals surface area contributed by atoms with Crippen molar-refractivity contribution >= 4 is 33.9 Å². The lowest BCUT2D eigenvalue weighted by Gasteiger charge is -2.20. The smallest absolute Gasteiger partial charge is 0.205 e. The Morgan fingerprint density at radius 3 is 2.76 bits per heavy atom. The van der Waals surface area contributed by atoms with Gasteiger partial charge in [0.25, 0.3) is 0 Å². The van der Waals surface area contributed by atoms with Gasteiger partial charge in [-0.3, -0.25) is 0 Å². The van der Waals surface area contributed by atoms with Gasteiger partial charge in [-0.25, -0.2) is 4.98 Å². The maximum Gasteiger partial charge on any atom is 0.205 e. The topological polar surface area (TPSA) is 55.0 Å². The van der Waals surface area contributed by atoms with E-state index >= 15 is 0 Å². The van der Waals surface area contributed by atoms with Crippen molar-refractivity contribution in [1.82, 2.24) is 9.36 Å². The van der Waals surface area contributed by atoms with E-state index in [-0.39, 0.29) is 0 Å². The summed E-state index contributed by atoms with van der Waals surface area (Å²) < 4.78 is 4.40. The van der Waals surface area contributed by atoms with E-state index < -0.39 is 0 Å². The number of rotatable bonds is 6. The van der Waals surface area contributed by atoms with E-state index in [4.69, 9.17) is 18.0 Å². The number of thiocarbonyl (C=S) groups is 1. The first kappa shape index (κ1) is 12.7. The Morgan fingerprint density at radius 2 is 2.29 bits per heavy atom. The summed E-state index contributed by atoms with van der Waals surface area (Å²) in [5, 5.41) is 1.02. The van der Waals surface area contributed by atoms with E-state index in [1.165, 1.54) is 24.4 Å². The maximum absolute atomic E-state index is 5.56. The van der Waals surface area contributed by atoms with Crippen LogP contribution in [0.15, 0.2) is 0 Å². The summed E-state index contributed by atoms with van der Waals surface area (Å²) in [6, 6.07) is 0.623. The first-order valence-electron chi connectivity index (χ1n) is 5.96. The van der Waals surface area contributed by atoms with Gasteiger partial charge in [0.2, 0.25) is 5.13 Å². The van der Waals surface area contributed by atoms with E-state index in [1.807, 2.05) is 0 Å². The van der Waals surface area contributed by atoms with Crippen LogP contribution in [0, 0.1) is 0 Å². The van der Waals surface area contributed by atoms with Gasteiger partial charge in [-0.15, -0.1) is 0 Å². The number of hydrogen-bond donors (Lipinski definition) is 1. The summed E-state index contributed by atoms with van der Waals surface area (Å²) in [7, 11) is 0. The summed E-state index contributed by atoms with van der Waals surface area (Å²) in [5.74, 6) is 1.32. The van der Waals surface area contributed by atoms with E-state index in [2.05, 4.69) is 28.1 Å². The van der Waals surface area contributed by atoms with Crippen molar-refractivity contribution in [1.29, 1.82) is 0 Å². The third-order valence-electron chi connectivity index (χ3n) is 2.78. The van der Waals surface area contributed by atoms with Crippen LogP contribution in [0.2, 0.25) is 0 Å². The van der Waals surface area contributed by atoms with E-state index in [1.54, 1.807) is 0 Å². The molecule has 0 saturated heterocycles. The van der Waals surface area contributed by atoms with Crippen LogP contribution in [0.3, 0.4) is 0 Å². The van der Waals surface area contributed by atoms with Gasteiger partial charge in [0.15, 0.2) is 0 Å². The number of nitrogens with zero attached hydrogens (tertiary/aromatic N) is 3. The van der Waals surface area contributed by atoms with E-state index in [0.717, 1.165) is 23.9 Å². The van der Waals surface area contributed by atoms with Crippen molar-refractivity contribution in [2.24, 2.45) is 5.73 Å². The number of aromatic nitrogens is 2. The molecule has 0 atom stereocenters. The van der Waals surface area contributed by atoms with Crippen molar-refractivity contribution in [3.63, 3.8) is 0 Å². The predicted octanol–water partition coefficient (Wildman–Crippen LogP) is 2.31. The third kappa shape index (κ3) is 3.35. The lowest BCUT2D eigenvalue weighted by molar-refractivity contribution is 0.768. The molecular formula is C11H18N4S2. The van der Waals surface area contributed by atoms with Crippen molar-refractivity contribution in [3.05, 3.63) is 5.82 Å². The van der Waals surface area contributed by atoms with Gasteiger partial charge in [-0.05, 0) is 12.8 Å². The molecule has 94 valence electrons. The van der Waals surface area contributed by atoms with E-state index in [9.17, 15) is 0 Å². The minimum Gasteiger partial charge on any atom is -0.393 e. The quantitative estimate of drug-likeness (QED) is 0.804. The van der Waals surface area contributed by atoms with Crippen molar-refractivity contribution in [3.8, 4) is 0 Å². The van der Waals surface area contributed by atoms with Gasteiger partial charge in [-0.1, -0.05) is 26.1 Å². The second-order valence-corrected chi connectivity index (χ2v) is 5.99. The fourth-order valence-corrected chi connectivity index (χ4v) is 2.63. The zero-order valence-electron chi connectivity index (χ0n) is 10.2. The van der Waals surface area contributed by atoms with Gasteiger partial charge < -0.3 is 10.6 Å². The highest BCUT2D eigenvalue weighted by Crippen LogP contribution is 2.33. The molecule has 0 spiro atoms. The van der Waals surface area contributed by atoms with Crippen LogP contribution in [-0.4, -0.2) is 26.9 Å². The minimum absolute atomic E-state index is 0.386. The van der Waals surface area contributed by atoms with Crippen LogP contribution in [0.1, 0.15) is 44.9 Å². The molecular weight excluding hydrogens is 252 g/mol. The molecule has 1 aromatic heterocycles. The minimum atomic E-state index is 0.386. The molecule has 0 aromatic carbocycles. The molecule has 0 aliphatic heterocycles. The fourth-order valence-electron chi connectivity index (χ4n) is 1.63. The summed E-state index contributed by atoms with van der Waals surface area (Å²) in [5.41, 5.74) is 5.56. The average Bonchev–Trinajstić information content (AvgIpc) is 2.95. The molecule has 2 N–H and O–H groups in total. The molecule has 0 amide bonds. The highest BCUT2D eigenvalue weighted by Gasteiger charge is 2.31.